The van der Waals surface area contributed by atoms with Gasteiger partial charge in [-0.3, -0.25) is 4.79 Å². The van der Waals surface area contributed by atoms with Crippen molar-refractivity contribution in [3.05, 3.63) is 65.5 Å². The lowest BCUT2D eigenvalue weighted by molar-refractivity contribution is 0.102. The highest BCUT2D eigenvalue weighted by Gasteiger charge is 2.17. The summed E-state index contributed by atoms with van der Waals surface area (Å²) in [7, 11) is 0. The lowest BCUT2D eigenvalue weighted by Crippen LogP contribution is -2.05. The van der Waals surface area contributed by atoms with Crippen molar-refractivity contribution in [1.82, 2.24) is 15.0 Å². The lowest BCUT2D eigenvalue weighted by atomic mass is 10.1. The van der Waals surface area contributed by atoms with Crippen molar-refractivity contribution in [2.45, 2.75) is 18.9 Å². The summed E-state index contributed by atoms with van der Waals surface area (Å²) in [5.41, 5.74) is 5.26. The topological polar surface area (TPSA) is 58.6 Å². The van der Waals surface area contributed by atoms with Crippen molar-refractivity contribution < 1.29 is 4.79 Å². The van der Waals surface area contributed by atoms with Crippen LogP contribution in [0.2, 0.25) is 0 Å². The largest absolute Gasteiger partial charge is 0.358 e. The van der Waals surface area contributed by atoms with Gasteiger partial charge in [-0.15, -0.1) is 0 Å². The van der Waals surface area contributed by atoms with E-state index in [2.05, 4.69) is 15.0 Å². The summed E-state index contributed by atoms with van der Waals surface area (Å²) in [5, 5.41) is 1.79. The molecule has 5 heteroatoms. The number of H-pyrrole nitrogens is 1. The minimum absolute atomic E-state index is 0.106. The van der Waals surface area contributed by atoms with Crippen molar-refractivity contribution >= 4 is 39.5 Å². The van der Waals surface area contributed by atoms with E-state index >= 15 is 0 Å². The first kappa shape index (κ1) is 15.8. The molecule has 0 saturated heterocycles. The Bertz CT molecular complexity index is 1100. The van der Waals surface area contributed by atoms with Gasteiger partial charge in [0.2, 0.25) is 0 Å². The molecule has 4 aromatic rings. The van der Waals surface area contributed by atoms with Gasteiger partial charge in [0.1, 0.15) is 5.03 Å². The monoisotopic (exact) mass is 347 g/mol. The molecule has 2 aromatic heterocycles. The maximum atomic E-state index is 12.8. The number of aryl methyl sites for hydroxylation is 2. The van der Waals surface area contributed by atoms with E-state index in [1.807, 2.05) is 62.4 Å². The van der Waals surface area contributed by atoms with Crippen LogP contribution in [0, 0.1) is 13.8 Å². The Labute approximate surface area is 149 Å². The molecule has 4 rings (SSSR count). The van der Waals surface area contributed by atoms with Gasteiger partial charge in [0.05, 0.1) is 22.5 Å². The molecule has 0 saturated carbocycles. The van der Waals surface area contributed by atoms with E-state index < -0.39 is 0 Å². The number of benzene rings is 2. The Morgan fingerprint density at radius 1 is 1.00 bits per heavy atom. The zero-order valence-electron chi connectivity index (χ0n) is 14.0. The van der Waals surface area contributed by atoms with Crippen LogP contribution in [0.1, 0.15) is 21.7 Å². The SMILES string of the molecule is Cc1nc2ccccc2nc1SCC(=O)c1c(C)[nH]c2ccccc12. The molecule has 0 aliphatic carbocycles. The van der Waals surface area contributed by atoms with Gasteiger partial charge in [-0.2, -0.15) is 0 Å². The first-order valence-electron chi connectivity index (χ1n) is 8.10. The summed E-state index contributed by atoms with van der Waals surface area (Å²) in [4.78, 5) is 25.3. The number of hydrogen-bond acceptors (Lipinski definition) is 4. The number of thioether (sulfide) groups is 1. The number of nitrogens with one attached hydrogen (secondary N) is 1. The molecule has 0 aliphatic heterocycles. The summed E-state index contributed by atoms with van der Waals surface area (Å²) in [5.74, 6) is 0.450. The number of aromatic amines is 1. The van der Waals surface area contributed by atoms with E-state index in [0.29, 0.717) is 5.75 Å². The van der Waals surface area contributed by atoms with Crippen LogP contribution in [0.3, 0.4) is 0 Å². The third kappa shape index (κ3) is 2.91. The molecule has 0 spiro atoms. The van der Waals surface area contributed by atoms with Gasteiger partial charge in [0.15, 0.2) is 5.78 Å². The van der Waals surface area contributed by atoms with Crippen molar-refractivity contribution in [2.24, 2.45) is 0 Å². The van der Waals surface area contributed by atoms with Crippen molar-refractivity contribution in [2.75, 3.05) is 5.75 Å². The molecule has 0 fully saturated rings. The Hall–Kier alpha value is -2.66. The molecule has 0 unspecified atom stereocenters. The molecule has 0 radical (unpaired) electrons. The predicted molar refractivity (Wildman–Crippen MR) is 102 cm³/mol. The van der Waals surface area contributed by atoms with E-state index in [0.717, 1.165) is 43.9 Å². The normalized spacial score (nSPS) is 11.3. The Kier molecular flexibility index (Phi) is 4.01. The maximum absolute atomic E-state index is 12.8. The highest BCUT2D eigenvalue weighted by molar-refractivity contribution is 8.00. The van der Waals surface area contributed by atoms with Gasteiger partial charge in [0, 0.05) is 22.2 Å². The Morgan fingerprint density at radius 3 is 2.48 bits per heavy atom. The fourth-order valence-corrected chi connectivity index (χ4v) is 3.88. The predicted octanol–water partition coefficient (Wildman–Crippen LogP) is 4.70. The van der Waals surface area contributed by atoms with E-state index in [1.165, 1.54) is 11.8 Å². The molecular weight excluding hydrogens is 330 g/mol. The highest BCUT2D eigenvalue weighted by Crippen LogP contribution is 2.26. The zero-order valence-corrected chi connectivity index (χ0v) is 14.9. The zero-order chi connectivity index (χ0) is 17.4. The van der Waals surface area contributed by atoms with E-state index in [9.17, 15) is 4.79 Å². The van der Waals surface area contributed by atoms with Gasteiger partial charge < -0.3 is 4.98 Å². The second kappa shape index (κ2) is 6.33. The van der Waals surface area contributed by atoms with Gasteiger partial charge in [0.25, 0.3) is 0 Å². The van der Waals surface area contributed by atoms with Crippen molar-refractivity contribution in [3.8, 4) is 0 Å². The number of hydrogen-bond donors (Lipinski definition) is 1. The molecule has 0 bridgehead atoms. The summed E-state index contributed by atoms with van der Waals surface area (Å²) < 4.78 is 0. The van der Waals surface area contributed by atoms with Crippen molar-refractivity contribution in [3.63, 3.8) is 0 Å². The number of fused-ring (bicyclic) bond motifs is 2. The van der Waals surface area contributed by atoms with Crippen LogP contribution in [0.4, 0.5) is 0 Å². The van der Waals surface area contributed by atoms with Crippen LogP contribution >= 0.6 is 11.8 Å². The van der Waals surface area contributed by atoms with Crippen LogP contribution < -0.4 is 0 Å². The van der Waals surface area contributed by atoms with Crippen LogP contribution in [0.5, 0.6) is 0 Å². The molecular formula is C20H17N3OS. The molecule has 2 aromatic carbocycles. The fraction of sp³-hybridized carbons (Fsp3) is 0.150. The minimum Gasteiger partial charge on any atom is -0.358 e. The maximum Gasteiger partial charge on any atom is 0.175 e. The second-order valence-electron chi connectivity index (χ2n) is 5.99. The standard InChI is InChI=1S/C20H17N3OS/c1-12-19(14-7-3-4-8-15(14)21-12)18(24)11-25-20-13(2)22-16-9-5-6-10-17(16)23-20/h3-10,21H,11H2,1-2H3. The molecule has 0 aliphatic rings. The molecule has 4 nitrogen and oxygen atoms in total. The summed E-state index contributed by atoms with van der Waals surface area (Å²) in [6.45, 7) is 3.88. The first-order chi connectivity index (χ1) is 12.1. The third-order valence-electron chi connectivity index (χ3n) is 4.21. The number of carbonyl (C=O) groups is 1. The first-order valence-corrected chi connectivity index (χ1v) is 9.09. The summed E-state index contributed by atoms with van der Waals surface area (Å²) >= 11 is 1.45. The van der Waals surface area contributed by atoms with Gasteiger partial charge >= 0.3 is 0 Å². The summed E-state index contributed by atoms with van der Waals surface area (Å²) in [6, 6.07) is 15.7. The van der Waals surface area contributed by atoms with Crippen molar-refractivity contribution in [1.29, 1.82) is 0 Å². The van der Waals surface area contributed by atoms with Crippen LogP contribution in [-0.2, 0) is 0 Å². The number of carbonyl (C=O) groups excluding carboxylic acids is 1. The quantitative estimate of drug-likeness (QED) is 0.429. The lowest BCUT2D eigenvalue weighted by Gasteiger charge is -2.06. The molecule has 0 atom stereocenters. The second-order valence-corrected chi connectivity index (χ2v) is 6.95. The fourth-order valence-electron chi connectivity index (χ4n) is 3.05. The van der Waals surface area contributed by atoms with Gasteiger partial charge in [-0.25, -0.2) is 9.97 Å². The number of Topliss-reactive ketones (excluding diaryl/α,β-unsaturated/α-hetero) is 1. The average Bonchev–Trinajstić information content (AvgIpc) is 2.95. The number of rotatable bonds is 4. The number of para-hydroxylation sites is 3. The van der Waals surface area contributed by atoms with E-state index in [-0.39, 0.29) is 5.78 Å². The van der Waals surface area contributed by atoms with Crippen LogP contribution in [0.25, 0.3) is 21.9 Å². The average molecular weight is 347 g/mol. The highest BCUT2D eigenvalue weighted by atomic mass is 32.2. The Balaban J connectivity index is 1.61. The number of nitrogens with zero attached hydrogens (tertiary/aromatic N) is 2. The molecule has 124 valence electrons. The van der Waals surface area contributed by atoms with E-state index in [4.69, 9.17) is 0 Å². The number of ketones is 1. The minimum atomic E-state index is 0.106. The molecule has 1 N–H and O–H groups in total. The smallest absolute Gasteiger partial charge is 0.175 e. The summed E-state index contributed by atoms with van der Waals surface area (Å²) in [6.07, 6.45) is 0. The Morgan fingerprint density at radius 2 is 1.68 bits per heavy atom. The molecule has 2 heterocycles. The van der Waals surface area contributed by atoms with Crippen LogP contribution in [-0.4, -0.2) is 26.5 Å². The van der Waals surface area contributed by atoms with Gasteiger partial charge in [-0.05, 0) is 32.0 Å². The number of aromatic nitrogens is 3. The van der Waals surface area contributed by atoms with Crippen LogP contribution in [0.15, 0.2) is 53.6 Å². The molecule has 25 heavy (non-hydrogen) atoms. The van der Waals surface area contributed by atoms with E-state index in [1.54, 1.807) is 0 Å². The third-order valence-corrected chi connectivity index (χ3v) is 5.28. The molecule has 0 amide bonds. The van der Waals surface area contributed by atoms with Gasteiger partial charge in [-0.1, -0.05) is 42.1 Å².